The van der Waals surface area contributed by atoms with Crippen LogP contribution in [0.1, 0.15) is 44.1 Å². The molecule has 1 aliphatic heterocycles. The standard InChI is InChI=1S/C22H32N4O3/c1-6-7-26-17(4)12-19(18(26)5)13-20(14-23)21(27)24-8-10-25(11-9-24)22(28)29-15-16(2)3/h12-13,16H,6-11,15H2,1-5H3/b20-13+. The third kappa shape index (κ3) is 5.63. The number of ether oxygens (including phenoxy) is 1. The first kappa shape index (κ1) is 22.5. The zero-order chi connectivity index (χ0) is 21.6. The number of hydrogen-bond acceptors (Lipinski definition) is 4. The maximum atomic E-state index is 12.8. The highest BCUT2D eigenvalue weighted by Gasteiger charge is 2.27. The molecule has 0 N–H and O–H groups in total. The van der Waals surface area contributed by atoms with Crippen molar-refractivity contribution in [2.45, 2.75) is 47.6 Å². The van der Waals surface area contributed by atoms with Gasteiger partial charge in [0.05, 0.1) is 6.61 Å². The van der Waals surface area contributed by atoms with Crippen molar-refractivity contribution in [3.8, 4) is 6.07 Å². The van der Waals surface area contributed by atoms with Crippen molar-refractivity contribution in [2.24, 2.45) is 5.92 Å². The Bertz CT molecular complexity index is 809. The molecule has 0 bridgehead atoms. The number of carbonyl (C=O) groups is 2. The van der Waals surface area contributed by atoms with Crippen molar-refractivity contribution < 1.29 is 14.3 Å². The highest BCUT2D eigenvalue weighted by molar-refractivity contribution is 6.02. The Kier molecular flexibility index (Phi) is 7.89. The average molecular weight is 401 g/mol. The lowest BCUT2D eigenvalue weighted by Crippen LogP contribution is -2.51. The van der Waals surface area contributed by atoms with Gasteiger partial charge in [-0.25, -0.2) is 4.79 Å². The SMILES string of the molecule is CCCn1c(C)cc(/C=C(\C#N)C(=O)N2CCN(C(=O)OCC(C)C)CC2)c1C. The van der Waals surface area contributed by atoms with Crippen LogP contribution in [0.15, 0.2) is 11.6 Å². The van der Waals surface area contributed by atoms with Gasteiger partial charge in [-0.15, -0.1) is 0 Å². The monoisotopic (exact) mass is 400 g/mol. The molecule has 2 heterocycles. The maximum absolute atomic E-state index is 12.8. The predicted octanol–water partition coefficient (Wildman–Crippen LogP) is 3.36. The molecular formula is C22H32N4O3. The van der Waals surface area contributed by atoms with Crippen LogP contribution in [-0.2, 0) is 16.1 Å². The van der Waals surface area contributed by atoms with E-state index in [1.165, 1.54) is 0 Å². The third-order valence-electron chi connectivity index (χ3n) is 5.08. The number of aromatic nitrogens is 1. The molecule has 1 aromatic rings. The van der Waals surface area contributed by atoms with Crippen LogP contribution in [-0.4, -0.2) is 59.2 Å². The van der Waals surface area contributed by atoms with E-state index in [4.69, 9.17) is 4.74 Å². The Balaban J connectivity index is 2.04. The van der Waals surface area contributed by atoms with E-state index in [0.717, 1.165) is 29.9 Å². The zero-order valence-electron chi connectivity index (χ0n) is 18.2. The summed E-state index contributed by atoms with van der Waals surface area (Å²) in [5.41, 5.74) is 3.20. The molecular weight excluding hydrogens is 368 g/mol. The summed E-state index contributed by atoms with van der Waals surface area (Å²) < 4.78 is 7.45. The van der Waals surface area contributed by atoms with Crippen LogP contribution in [0.2, 0.25) is 0 Å². The van der Waals surface area contributed by atoms with Crippen molar-refractivity contribution in [3.05, 3.63) is 28.6 Å². The normalized spacial score (nSPS) is 14.9. The summed E-state index contributed by atoms with van der Waals surface area (Å²) in [4.78, 5) is 28.2. The molecule has 29 heavy (non-hydrogen) atoms. The smallest absolute Gasteiger partial charge is 0.409 e. The molecule has 7 nitrogen and oxygen atoms in total. The van der Waals surface area contributed by atoms with Gasteiger partial charge in [-0.2, -0.15) is 5.26 Å². The van der Waals surface area contributed by atoms with Gasteiger partial charge < -0.3 is 19.1 Å². The van der Waals surface area contributed by atoms with Gasteiger partial charge in [0, 0.05) is 44.1 Å². The van der Waals surface area contributed by atoms with Gasteiger partial charge in [0.15, 0.2) is 0 Å². The Morgan fingerprint density at radius 3 is 2.38 bits per heavy atom. The highest BCUT2D eigenvalue weighted by atomic mass is 16.6. The minimum atomic E-state index is -0.342. The summed E-state index contributed by atoms with van der Waals surface area (Å²) in [6, 6.07) is 4.07. The topological polar surface area (TPSA) is 78.6 Å². The van der Waals surface area contributed by atoms with E-state index in [2.05, 4.69) is 17.6 Å². The minimum absolute atomic E-state index is 0.123. The van der Waals surface area contributed by atoms with E-state index in [9.17, 15) is 14.9 Å². The first-order chi connectivity index (χ1) is 13.8. The van der Waals surface area contributed by atoms with Crippen molar-refractivity contribution in [1.29, 1.82) is 5.26 Å². The van der Waals surface area contributed by atoms with Crippen molar-refractivity contribution >= 4 is 18.1 Å². The fourth-order valence-corrected chi connectivity index (χ4v) is 3.43. The Hall–Kier alpha value is -2.75. The van der Waals surface area contributed by atoms with Crippen molar-refractivity contribution in [1.82, 2.24) is 14.4 Å². The van der Waals surface area contributed by atoms with Gasteiger partial charge in [-0.05, 0) is 43.9 Å². The third-order valence-corrected chi connectivity index (χ3v) is 5.08. The lowest BCUT2D eigenvalue weighted by atomic mass is 10.1. The second kappa shape index (κ2) is 10.1. The van der Waals surface area contributed by atoms with Crippen molar-refractivity contribution in [3.63, 3.8) is 0 Å². The molecule has 0 saturated carbocycles. The Morgan fingerprint density at radius 2 is 1.83 bits per heavy atom. The first-order valence-electron chi connectivity index (χ1n) is 10.3. The van der Waals surface area contributed by atoms with Gasteiger partial charge in [0.2, 0.25) is 0 Å². The summed E-state index contributed by atoms with van der Waals surface area (Å²) in [5.74, 6) is -0.00702. The van der Waals surface area contributed by atoms with E-state index in [-0.39, 0.29) is 23.5 Å². The molecule has 0 aromatic carbocycles. The molecule has 158 valence electrons. The molecule has 1 aromatic heterocycles. The van der Waals surface area contributed by atoms with Crippen LogP contribution in [0.5, 0.6) is 0 Å². The molecule has 0 unspecified atom stereocenters. The molecule has 1 saturated heterocycles. The van der Waals surface area contributed by atoms with Gasteiger partial charge in [-0.3, -0.25) is 4.79 Å². The second-order valence-corrected chi connectivity index (χ2v) is 7.90. The predicted molar refractivity (Wildman–Crippen MR) is 112 cm³/mol. The molecule has 0 spiro atoms. The van der Waals surface area contributed by atoms with E-state index in [0.29, 0.717) is 32.8 Å². The summed E-state index contributed by atoms with van der Waals surface area (Å²) in [5, 5.41) is 9.56. The highest BCUT2D eigenvalue weighted by Crippen LogP contribution is 2.20. The minimum Gasteiger partial charge on any atom is -0.449 e. The lowest BCUT2D eigenvalue weighted by Gasteiger charge is -2.34. The number of nitrogens with zero attached hydrogens (tertiary/aromatic N) is 4. The molecule has 0 radical (unpaired) electrons. The van der Waals surface area contributed by atoms with Gasteiger partial charge in [-0.1, -0.05) is 20.8 Å². The van der Waals surface area contributed by atoms with Gasteiger partial charge >= 0.3 is 6.09 Å². The maximum Gasteiger partial charge on any atom is 0.409 e. The van der Waals surface area contributed by atoms with Crippen molar-refractivity contribution in [2.75, 3.05) is 32.8 Å². The largest absolute Gasteiger partial charge is 0.449 e. The number of nitriles is 1. The number of piperazine rings is 1. The summed E-state index contributed by atoms with van der Waals surface area (Å²) in [7, 11) is 0. The van der Waals surface area contributed by atoms with Gasteiger partial charge in [0.25, 0.3) is 5.91 Å². The van der Waals surface area contributed by atoms with Crippen LogP contribution in [0.4, 0.5) is 4.79 Å². The Morgan fingerprint density at radius 1 is 1.21 bits per heavy atom. The molecule has 0 aliphatic carbocycles. The quantitative estimate of drug-likeness (QED) is 0.542. The Labute approximate surface area is 173 Å². The molecule has 2 rings (SSSR count). The van der Waals surface area contributed by atoms with Crippen LogP contribution in [0.3, 0.4) is 0 Å². The van der Waals surface area contributed by atoms with E-state index >= 15 is 0 Å². The summed E-state index contributed by atoms with van der Waals surface area (Å²) in [6.07, 6.45) is 2.36. The van der Waals surface area contributed by atoms with Crippen LogP contribution < -0.4 is 0 Å². The molecule has 1 fully saturated rings. The first-order valence-corrected chi connectivity index (χ1v) is 10.3. The number of rotatable bonds is 6. The van der Waals surface area contributed by atoms with Crippen LogP contribution >= 0.6 is 0 Å². The fourth-order valence-electron chi connectivity index (χ4n) is 3.43. The number of aryl methyl sites for hydroxylation is 1. The summed E-state index contributed by atoms with van der Waals surface area (Å²) in [6.45, 7) is 13.0. The lowest BCUT2D eigenvalue weighted by molar-refractivity contribution is -0.128. The summed E-state index contributed by atoms with van der Waals surface area (Å²) >= 11 is 0. The average Bonchev–Trinajstić information content (AvgIpc) is 2.97. The van der Waals surface area contributed by atoms with Gasteiger partial charge in [0.1, 0.15) is 11.6 Å². The molecule has 0 atom stereocenters. The second-order valence-electron chi connectivity index (χ2n) is 7.90. The van der Waals surface area contributed by atoms with Crippen LogP contribution in [0, 0.1) is 31.1 Å². The number of carbonyl (C=O) groups excluding carboxylic acids is 2. The molecule has 2 amide bonds. The van der Waals surface area contributed by atoms with E-state index in [1.807, 2.05) is 33.8 Å². The fraction of sp³-hybridized carbons (Fsp3) is 0.591. The van der Waals surface area contributed by atoms with Crippen LogP contribution in [0.25, 0.3) is 6.08 Å². The van der Waals surface area contributed by atoms with E-state index < -0.39 is 0 Å². The molecule has 1 aliphatic rings. The zero-order valence-corrected chi connectivity index (χ0v) is 18.2. The number of amides is 2. The van der Waals surface area contributed by atoms with E-state index in [1.54, 1.807) is 15.9 Å². The molecule has 7 heteroatoms. The number of hydrogen-bond donors (Lipinski definition) is 0.